The summed E-state index contributed by atoms with van der Waals surface area (Å²) in [6.07, 6.45) is -1.66. The van der Waals surface area contributed by atoms with Crippen molar-refractivity contribution in [3.8, 4) is 0 Å². The molecule has 4 atom stereocenters. The highest BCUT2D eigenvalue weighted by molar-refractivity contribution is 6.01. The molecule has 11 nitrogen and oxygen atoms in total. The van der Waals surface area contributed by atoms with Crippen molar-refractivity contribution < 1.29 is 19.3 Å². The van der Waals surface area contributed by atoms with Crippen molar-refractivity contribution in [2.24, 2.45) is 11.8 Å². The zero-order chi connectivity index (χ0) is 22.8. The van der Waals surface area contributed by atoms with E-state index < -0.39 is 46.9 Å². The lowest BCUT2D eigenvalue weighted by molar-refractivity contribution is -0.383. The highest BCUT2D eigenvalue weighted by Crippen LogP contribution is 2.30. The molecule has 4 unspecified atom stereocenters. The van der Waals surface area contributed by atoms with Crippen LogP contribution >= 0.6 is 0 Å². The third-order valence-electron chi connectivity index (χ3n) is 5.51. The molecule has 0 saturated carbocycles. The van der Waals surface area contributed by atoms with E-state index >= 15 is 0 Å². The standard InChI is InChI=1S/C21H22N6O5/c1-11-6-8-12(9-7-11)22-21-25-18-17(20(30)26-21)13(10-16(28)24-18)19(29)23-14-4-2-3-5-15(14)27(31)32/h2-9,13,17-18,21-22,25H,10H2,1H3,(H,23,29)(H,24,28)(H,26,30). The maximum absolute atomic E-state index is 13.0. The zero-order valence-corrected chi connectivity index (χ0v) is 17.1. The van der Waals surface area contributed by atoms with Gasteiger partial charge in [-0.05, 0) is 25.1 Å². The fourth-order valence-electron chi connectivity index (χ4n) is 3.93. The van der Waals surface area contributed by atoms with Crippen LogP contribution in [0.1, 0.15) is 12.0 Å². The molecule has 0 spiro atoms. The number of para-hydroxylation sites is 2. The molecule has 2 aromatic carbocycles. The van der Waals surface area contributed by atoms with E-state index in [2.05, 4.69) is 26.6 Å². The lowest BCUT2D eigenvalue weighted by Crippen LogP contribution is -2.72. The van der Waals surface area contributed by atoms with Crippen LogP contribution in [0.3, 0.4) is 0 Å². The SMILES string of the molecule is Cc1ccc(NC2NC(=O)C3C(NC(=O)CC3C(=O)Nc3ccccc3[N+](=O)[O-])N2)cc1. The Labute approximate surface area is 183 Å². The first-order chi connectivity index (χ1) is 15.3. The first-order valence-electron chi connectivity index (χ1n) is 10.0. The quantitative estimate of drug-likeness (QED) is 0.345. The summed E-state index contributed by atoms with van der Waals surface area (Å²) in [5, 5.41) is 25.4. The van der Waals surface area contributed by atoms with Crippen LogP contribution < -0.4 is 26.6 Å². The molecule has 0 radical (unpaired) electrons. The number of rotatable bonds is 5. The Morgan fingerprint density at radius 1 is 1.09 bits per heavy atom. The van der Waals surface area contributed by atoms with Crippen LogP contribution in [0.5, 0.6) is 0 Å². The van der Waals surface area contributed by atoms with Gasteiger partial charge in [0.15, 0.2) is 6.29 Å². The van der Waals surface area contributed by atoms with Crippen LogP contribution in [0.2, 0.25) is 0 Å². The van der Waals surface area contributed by atoms with Gasteiger partial charge in [-0.2, -0.15) is 0 Å². The maximum Gasteiger partial charge on any atom is 0.292 e. The molecule has 0 aromatic heterocycles. The van der Waals surface area contributed by atoms with Crippen LogP contribution in [-0.2, 0) is 14.4 Å². The van der Waals surface area contributed by atoms with Crippen LogP contribution in [0.25, 0.3) is 0 Å². The third kappa shape index (κ3) is 4.37. The molecule has 166 valence electrons. The number of nitrogens with one attached hydrogen (secondary N) is 5. The normalized spacial score (nSPS) is 24.5. The number of carbonyl (C=O) groups is 3. The summed E-state index contributed by atoms with van der Waals surface area (Å²) in [6.45, 7) is 1.96. The van der Waals surface area contributed by atoms with Gasteiger partial charge >= 0.3 is 0 Å². The van der Waals surface area contributed by atoms with Crippen molar-refractivity contribution >= 4 is 34.8 Å². The van der Waals surface area contributed by atoms with Crippen LogP contribution in [0, 0.1) is 28.9 Å². The van der Waals surface area contributed by atoms with Crippen molar-refractivity contribution in [2.75, 3.05) is 10.6 Å². The van der Waals surface area contributed by atoms with E-state index in [1.54, 1.807) is 6.07 Å². The number of amides is 3. The molecule has 3 amide bonds. The molecule has 4 rings (SSSR count). The van der Waals surface area contributed by atoms with E-state index in [-0.39, 0.29) is 17.8 Å². The number of nitrogens with zero attached hydrogens (tertiary/aromatic N) is 1. The monoisotopic (exact) mass is 438 g/mol. The first kappa shape index (κ1) is 21.2. The number of hydrogen-bond acceptors (Lipinski definition) is 7. The molecule has 2 heterocycles. The van der Waals surface area contributed by atoms with Crippen molar-refractivity contribution in [1.29, 1.82) is 0 Å². The molecule has 5 N–H and O–H groups in total. The van der Waals surface area contributed by atoms with Crippen molar-refractivity contribution in [3.05, 3.63) is 64.2 Å². The van der Waals surface area contributed by atoms with Gasteiger partial charge in [-0.25, -0.2) is 0 Å². The van der Waals surface area contributed by atoms with Gasteiger partial charge in [0, 0.05) is 18.2 Å². The van der Waals surface area contributed by atoms with Gasteiger partial charge in [-0.3, -0.25) is 29.8 Å². The molecule has 2 aromatic rings. The summed E-state index contributed by atoms with van der Waals surface area (Å²) in [6, 6.07) is 13.3. The van der Waals surface area contributed by atoms with Crippen LogP contribution in [0.15, 0.2) is 48.5 Å². The topological polar surface area (TPSA) is 154 Å². The fourth-order valence-corrected chi connectivity index (χ4v) is 3.93. The number of nitro benzene ring substituents is 1. The predicted molar refractivity (Wildman–Crippen MR) is 115 cm³/mol. The molecular weight excluding hydrogens is 416 g/mol. The summed E-state index contributed by atoms with van der Waals surface area (Å²) in [7, 11) is 0. The Morgan fingerprint density at radius 2 is 1.81 bits per heavy atom. The van der Waals surface area contributed by atoms with Gasteiger partial charge in [0.05, 0.1) is 22.9 Å². The van der Waals surface area contributed by atoms with Crippen molar-refractivity contribution in [3.63, 3.8) is 0 Å². The Kier molecular flexibility index (Phi) is 5.73. The van der Waals surface area contributed by atoms with E-state index in [4.69, 9.17) is 0 Å². The minimum Gasteiger partial charge on any atom is -0.353 e. The van der Waals surface area contributed by atoms with E-state index in [9.17, 15) is 24.5 Å². The molecule has 0 aliphatic carbocycles. The van der Waals surface area contributed by atoms with E-state index in [0.717, 1.165) is 11.3 Å². The predicted octanol–water partition coefficient (Wildman–Crippen LogP) is 1.04. The summed E-state index contributed by atoms with van der Waals surface area (Å²) in [5.74, 6) is -3.33. The summed E-state index contributed by atoms with van der Waals surface area (Å²) in [4.78, 5) is 48.8. The molecule has 11 heteroatoms. The second kappa shape index (κ2) is 8.63. The van der Waals surface area contributed by atoms with Gasteiger partial charge in [0.1, 0.15) is 5.69 Å². The number of anilines is 2. The molecule has 2 aliphatic heterocycles. The van der Waals surface area contributed by atoms with Crippen molar-refractivity contribution in [1.82, 2.24) is 16.0 Å². The van der Waals surface area contributed by atoms with Crippen LogP contribution in [0.4, 0.5) is 17.1 Å². The molecule has 2 saturated heterocycles. The fraction of sp³-hybridized carbons (Fsp3) is 0.286. The number of hydrogen-bond donors (Lipinski definition) is 5. The number of fused-ring (bicyclic) bond motifs is 1. The summed E-state index contributed by atoms with van der Waals surface area (Å²) < 4.78 is 0. The Morgan fingerprint density at radius 3 is 2.53 bits per heavy atom. The van der Waals surface area contributed by atoms with E-state index in [1.807, 2.05) is 31.2 Å². The molecule has 0 bridgehead atoms. The number of piperidine rings is 1. The van der Waals surface area contributed by atoms with Gasteiger partial charge in [0.2, 0.25) is 17.7 Å². The zero-order valence-electron chi connectivity index (χ0n) is 17.1. The average molecular weight is 438 g/mol. The highest BCUT2D eigenvalue weighted by atomic mass is 16.6. The summed E-state index contributed by atoms with van der Waals surface area (Å²) in [5.41, 5.74) is 1.59. The molecule has 2 aliphatic rings. The second-order valence-electron chi connectivity index (χ2n) is 7.76. The number of aryl methyl sites for hydroxylation is 1. The number of carbonyl (C=O) groups excluding carboxylic acids is 3. The average Bonchev–Trinajstić information content (AvgIpc) is 2.74. The molecule has 2 fully saturated rings. The minimum absolute atomic E-state index is 0.00752. The number of nitro groups is 1. The summed E-state index contributed by atoms with van der Waals surface area (Å²) >= 11 is 0. The lowest BCUT2D eigenvalue weighted by atomic mass is 9.81. The van der Waals surface area contributed by atoms with Gasteiger partial charge in [-0.1, -0.05) is 29.8 Å². The third-order valence-corrected chi connectivity index (χ3v) is 5.51. The minimum atomic E-state index is -0.999. The number of benzene rings is 2. The van der Waals surface area contributed by atoms with Gasteiger partial charge in [0.25, 0.3) is 5.69 Å². The first-order valence-corrected chi connectivity index (χ1v) is 10.0. The van der Waals surface area contributed by atoms with Gasteiger partial charge < -0.3 is 21.3 Å². The van der Waals surface area contributed by atoms with Crippen LogP contribution in [-0.4, -0.2) is 35.1 Å². The Balaban J connectivity index is 1.50. The van der Waals surface area contributed by atoms with Crippen molar-refractivity contribution in [2.45, 2.75) is 25.8 Å². The molecule has 32 heavy (non-hydrogen) atoms. The molecular formula is C21H22N6O5. The second-order valence-corrected chi connectivity index (χ2v) is 7.76. The lowest BCUT2D eigenvalue weighted by Gasteiger charge is -2.43. The Hall–Kier alpha value is -3.99. The largest absolute Gasteiger partial charge is 0.353 e. The maximum atomic E-state index is 13.0. The smallest absolute Gasteiger partial charge is 0.292 e. The van der Waals surface area contributed by atoms with E-state index in [1.165, 1.54) is 18.2 Å². The van der Waals surface area contributed by atoms with E-state index in [0.29, 0.717) is 0 Å². The Bertz CT molecular complexity index is 1070. The highest BCUT2D eigenvalue weighted by Gasteiger charge is 2.48. The van der Waals surface area contributed by atoms with Gasteiger partial charge in [-0.15, -0.1) is 0 Å².